The van der Waals surface area contributed by atoms with E-state index in [4.69, 9.17) is 10.5 Å². The second-order valence-corrected chi connectivity index (χ2v) is 5.64. The SMILES string of the molecule is CCCCCCCCCCCCCC(CN)OCC. The molecule has 19 heavy (non-hydrogen) atoms. The summed E-state index contributed by atoms with van der Waals surface area (Å²) in [5, 5.41) is 0. The van der Waals surface area contributed by atoms with Crippen molar-refractivity contribution in [2.75, 3.05) is 13.2 Å². The van der Waals surface area contributed by atoms with Crippen molar-refractivity contribution in [1.29, 1.82) is 0 Å². The van der Waals surface area contributed by atoms with Crippen LogP contribution >= 0.6 is 0 Å². The van der Waals surface area contributed by atoms with Gasteiger partial charge in [0.2, 0.25) is 0 Å². The molecule has 0 amide bonds. The van der Waals surface area contributed by atoms with Gasteiger partial charge in [-0.15, -0.1) is 0 Å². The van der Waals surface area contributed by atoms with Crippen LogP contribution in [0, 0.1) is 0 Å². The van der Waals surface area contributed by atoms with Gasteiger partial charge >= 0.3 is 0 Å². The van der Waals surface area contributed by atoms with Crippen LogP contribution in [0.1, 0.15) is 90.9 Å². The fraction of sp³-hybridized carbons (Fsp3) is 1.00. The molecule has 0 aliphatic heterocycles. The van der Waals surface area contributed by atoms with E-state index in [1.54, 1.807) is 0 Å². The largest absolute Gasteiger partial charge is 0.377 e. The molecule has 0 aromatic rings. The molecule has 0 bridgehead atoms. The third-order valence-electron chi connectivity index (χ3n) is 3.79. The average molecular weight is 271 g/mol. The molecule has 0 saturated carbocycles. The Bertz CT molecular complexity index is 161. The summed E-state index contributed by atoms with van der Waals surface area (Å²) in [6.07, 6.45) is 16.8. The Morgan fingerprint density at radius 3 is 1.63 bits per heavy atom. The molecule has 0 radical (unpaired) electrons. The molecule has 2 heteroatoms. The van der Waals surface area contributed by atoms with Crippen LogP contribution in [0.25, 0.3) is 0 Å². The van der Waals surface area contributed by atoms with E-state index in [9.17, 15) is 0 Å². The zero-order valence-electron chi connectivity index (χ0n) is 13.5. The molecule has 116 valence electrons. The zero-order valence-corrected chi connectivity index (χ0v) is 13.5. The molecular weight excluding hydrogens is 234 g/mol. The molecule has 0 saturated heterocycles. The summed E-state index contributed by atoms with van der Waals surface area (Å²) in [7, 11) is 0. The topological polar surface area (TPSA) is 35.2 Å². The Balaban J connectivity index is 3.09. The van der Waals surface area contributed by atoms with Crippen LogP contribution < -0.4 is 5.73 Å². The smallest absolute Gasteiger partial charge is 0.0697 e. The van der Waals surface area contributed by atoms with E-state index in [1.807, 2.05) is 6.92 Å². The van der Waals surface area contributed by atoms with E-state index in [0.29, 0.717) is 12.6 Å². The summed E-state index contributed by atoms with van der Waals surface area (Å²) < 4.78 is 5.56. The maximum Gasteiger partial charge on any atom is 0.0697 e. The summed E-state index contributed by atoms with van der Waals surface area (Å²) in [5.74, 6) is 0. The lowest BCUT2D eigenvalue weighted by Crippen LogP contribution is -2.23. The minimum Gasteiger partial charge on any atom is -0.377 e. The van der Waals surface area contributed by atoms with Gasteiger partial charge in [-0.05, 0) is 13.3 Å². The molecule has 0 heterocycles. The minimum atomic E-state index is 0.295. The van der Waals surface area contributed by atoms with Crippen LogP contribution in [0.15, 0.2) is 0 Å². The van der Waals surface area contributed by atoms with E-state index in [1.165, 1.54) is 70.6 Å². The first kappa shape index (κ1) is 18.9. The summed E-state index contributed by atoms with van der Waals surface area (Å²) in [6, 6.07) is 0. The lowest BCUT2D eigenvalue weighted by atomic mass is 10.0. The van der Waals surface area contributed by atoms with Gasteiger partial charge in [-0.1, -0.05) is 77.6 Å². The molecule has 1 unspecified atom stereocenters. The van der Waals surface area contributed by atoms with Crippen molar-refractivity contribution in [2.24, 2.45) is 5.73 Å². The van der Waals surface area contributed by atoms with Gasteiger partial charge < -0.3 is 10.5 Å². The minimum absolute atomic E-state index is 0.295. The summed E-state index contributed by atoms with van der Waals surface area (Å²) in [6.45, 7) is 5.79. The first-order chi connectivity index (χ1) is 9.35. The van der Waals surface area contributed by atoms with Gasteiger partial charge in [0.25, 0.3) is 0 Å². The van der Waals surface area contributed by atoms with Crippen molar-refractivity contribution in [2.45, 2.75) is 97.0 Å². The summed E-state index contributed by atoms with van der Waals surface area (Å²) >= 11 is 0. The average Bonchev–Trinajstić information content (AvgIpc) is 2.43. The van der Waals surface area contributed by atoms with Crippen molar-refractivity contribution in [3.05, 3.63) is 0 Å². The maximum absolute atomic E-state index is 5.66. The fourth-order valence-electron chi connectivity index (χ4n) is 2.54. The van der Waals surface area contributed by atoms with E-state index in [0.717, 1.165) is 13.0 Å². The third-order valence-corrected chi connectivity index (χ3v) is 3.79. The lowest BCUT2D eigenvalue weighted by molar-refractivity contribution is 0.0611. The molecule has 0 spiro atoms. The van der Waals surface area contributed by atoms with Crippen LogP contribution in [0.4, 0.5) is 0 Å². The van der Waals surface area contributed by atoms with Crippen molar-refractivity contribution >= 4 is 0 Å². The molecule has 0 fully saturated rings. The standard InChI is InChI=1S/C17H37NO/c1-3-5-6-7-8-9-10-11-12-13-14-15-17(16-18)19-4-2/h17H,3-16,18H2,1-2H3. The number of ether oxygens (including phenoxy) is 1. The molecule has 0 aliphatic rings. The third kappa shape index (κ3) is 14.1. The molecule has 1 atom stereocenters. The number of hydrogen-bond donors (Lipinski definition) is 1. The zero-order chi connectivity index (χ0) is 14.2. The molecular formula is C17H37NO. The van der Waals surface area contributed by atoms with Gasteiger partial charge in [-0.25, -0.2) is 0 Å². The molecule has 0 aromatic heterocycles. The van der Waals surface area contributed by atoms with Crippen LogP contribution in [0.5, 0.6) is 0 Å². The highest BCUT2D eigenvalue weighted by molar-refractivity contribution is 4.58. The van der Waals surface area contributed by atoms with E-state index >= 15 is 0 Å². The molecule has 0 aromatic carbocycles. The van der Waals surface area contributed by atoms with Gasteiger partial charge in [0.1, 0.15) is 0 Å². The normalized spacial score (nSPS) is 12.8. The predicted octanol–water partition coefficient (Wildman–Crippen LogP) is 5.05. The van der Waals surface area contributed by atoms with Crippen molar-refractivity contribution in [3.63, 3.8) is 0 Å². The van der Waals surface area contributed by atoms with Gasteiger partial charge in [-0.2, -0.15) is 0 Å². The van der Waals surface area contributed by atoms with Gasteiger partial charge in [0.05, 0.1) is 6.10 Å². The quantitative estimate of drug-likeness (QED) is 0.423. The summed E-state index contributed by atoms with van der Waals surface area (Å²) in [5.41, 5.74) is 5.66. The predicted molar refractivity (Wildman–Crippen MR) is 85.5 cm³/mol. The second-order valence-electron chi connectivity index (χ2n) is 5.64. The number of rotatable bonds is 15. The molecule has 0 rings (SSSR count). The molecule has 2 nitrogen and oxygen atoms in total. The fourth-order valence-corrected chi connectivity index (χ4v) is 2.54. The van der Waals surface area contributed by atoms with Crippen molar-refractivity contribution in [1.82, 2.24) is 0 Å². The van der Waals surface area contributed by atoms with E-state index < -0.39 is 0 Å². The molecule has 2 N–H and O–H groups in total. The lowest BCUT2D eigenvalue weighted by Gasteiger charge is -2.14. The monoisotopic (exact) mass is 271 g/mol. The second kappa shape index (κ2) is 16.0. The maximum atomic E-state index is 5.66. The highest BCUT2D eigenvalue weighted by Crippen LogP contribution is 2.13. The van der Waals surface area contributed by atoms with E-state index in [-0.39, 0.29) is 0 Å². The molecule has 0 aliphatic carbocycles. The van der Waals surface area contributed by atoms with Gasteiger partial charge in [0, 0.05) is 13.2 Å². The highest BCUT2D eigenvalue weighted by atomic mass is 16.5. The number of hydrogen-bond acceptors (Lipinski definition) is 2. The van der Waals surface area contributed by atoms with Crippen LogP contribution in [0.2, 0.25) is 0 Å². The van der Waals surface area contributed by atoms with Crippen LogP contribution in [0.3, 0.4) is 0 Å². The Kier molecular flexibility index (Phi) is 15.9. The van der Waals surface area contributed by atoms with Gasteiger partial charge in [0.15, 0.2) is 0 Å². The highest BCUT2D eigenvalue weighted by Gasteiger charge is 2.04. The van der Waals surface area contributed by atoms with Crippen molar-refractivity contribution < 1.29 is 4.74 Å². The first-order valence-electron chi connectivity index (χ1n) is 8.66. The summed E-state index contributed by atoms with van der Waals surface area (Å²) in [4.78, 5) is 0. The van der Waals surface area contributed by atoms with E-state index in [2.05, 4.69) is 6.92 Å². The first-order valence-corrected chi connectivity index (χ1v) is 8.66. The number of unbranched alkanes of at least 4 members (excludes halogenated alkanes) is 10. The van der Waals surface area contributed by atoms with Gasteiger partial charge in [-0.3, -0.25) is 0 Å². The van der Waals surface area contributed by atoms with Crippen LogP contribution in [-0.4, -0.2) is 19.3 Å². The number of nitrogens with two attached hydrogens (primary N) is 1. The van der Waals surface area contributed by atoms with Crippen LogP contribution in [-0.2, 0) is 4.74 Å². The Morgan fingerprint density at radius 1 is 0.737 bits per heavy atom. The Hall–Kier alpha value is -0.0800. The Morgan fingerprint density at radius 2 is 1.21 bits per heavy atom. The Labute approximate surface area is 121 Å². The van der Waals surface area contributed by atoms with Crippen molar-refractivity contribution in [3.8, 4) is 0 Å².